The summed E-state index contributed by atoms with van der Waals surface area (Å²) in [6, 6.07) is 16.1. The molecule has 2 N–H and O–H groups in total. The summed E-state index contributed by atoms with van der Waals surface area (Å²) in [4.78, 5) is 9.55. The molecular formula is C21H14Br2N2O2. The molecule has 4 nitrogen and oxygen atoms in total. The second-order valence-corrected chi connectivity index (χ2v) is 8.07. The van der Waals surface area contributed by atoms with Gasteiger partial charge in [-0.15, -0.1) is 0 Å². The van der Waals surface area contributed by atoms with E-state index in [9.17, 15) is 10.2 Å². The number of benzene rings is 3. The molecule has 6 heteroatoms. The number of halogens is 2. The van der Waals surface area contributed by atoms with E-state index in [0.29, 0.717) is 28.0 Å². The Kier molecular flexibility index (Phi) is 4.61. The smallest absolute Gasteiger partial charge is 0.125 e. The van der Waals surface area contributed by atoms with E-state index in [1.165, 1.54) is 0 Å². The van der Waals surface area contributed by atoms with Crippen LogP contribution in [0.3, 0.4) is 0 Å². The molecule has 3 aromatic carbocycles. The van der Waals surface area contributed by atoms with Crippen LogP contribution in [-0.2, 0) is 0 Å². The number of aryl methyl sites for hydroxylation is 1. The van der Waals surface area contributed by atoms with E-state index in [1.54, 1.807) is 36.4 Å². The Morgan fingerprint density at radius 2 is 1.19 bits per heavy atom. The first kappa shape index (κ1) is 17.9. The van der Waals surface area contributed by atoms with Crippen molar-refractivity contribution in [3.8, 4) is 34.0 Å². The first-order valence-electron chi connectivity index (χ1n) is 8.18. The normalized spacial score (nSPS) is 11.1. The Bertz CT molecular complexity index is 1190. The zero-order valence-corrected chi connectivity index (χ0v) is 17.4. The third-order valence-corrected chi connectivity index (χ3v) is 5.23. The quantitative estimate of drug-likeness (QED) is 0.354. The van der Waals surface area contributed by atoms with Crippen molar-refractivity contribution in [1.29, 1.82) is 0 Å². The lowest BCUT2D eigenvalue weighted by molar-refractivity contribution is 0.475. The summed E-state index contributed by atoms with van der Waals surface area (Å²) in [5.41, 5.74) is 4.58. The van der Waals surface area contributed by atoms with Crippen molar-refractivity contribution in [2.75, 3.05) is 0 Å². The maximum absolute atomic E-state index is 10.4. The number of phenols is 2. The molecule has 0 saturated carbocycles. The standard InChI is InChI=1S/C21H14Br2N2O2/c1-11-2-5-16-17(8-11)25-21(15-10-13(23)4-7-19(15)27)20(24-16)14-9-12(22)3-6-18(14)26/h2-10,26-27H,1H3. The fourth-order valence-electron chi connectivity index (χ4n) is 2.94. The lowest BCUT2D eigenvalue weighted by Gasteiger charge is -2.13. The van der Waals surface area contributed by atoms with Crippen LogP contribution < -0.4 is 0 Å². The van der Waals surface area contributed by atoms with E-state index in [-0.39, 0.29) is 11.5 Å². The summed E-state index contributed by atoms with van der Waals surface area (Å²) >= 11 is 6.89. The maximum atomic E-state index is 10.4. The molecule has 134 valence electrons. The van der Waals surface area contributed by atoms with Crippen LogP contribution in [0.25, 0.3) is 33.5 Å². The number of rotatable bonds is 2. The van der Waals surface area contributed by atoms with Gasteiger partial charge in [-0.05, 0) is 61.0 Å². The van der Waals surface area contributed by atoms with Gasteiger partial charge in [0.2, 0.25) is 0 Å². The molecule has 0 radical (unpaired) electrons. The van der Waals surface area contributed by atoms with E-state index in [1.807, 2.05) is 25.1 Å². The summed E-state index contributed by atoms with van der Waals surface area (Å²) in [7, 11) is 0. The van der Waals surface area contributed by atoms with Gasteiger partial charge in [0, 0.05) is 20.1 Å². The highest BCUT2D eigenvalue weighted by Crippen LogP contribution is 2.40. The molecule has 0 fully saturated rings. The van der Waals surface area contributed by atoms with Gasteiger partial charge in [0.25, 0.3) is 0 Å². The molecule has 1 aromatic heterocycles. The van der Waals surface area contributed by atoms with Crippen LogP contribution in [0.4, 0.5) is 0 Å². The Morgan fingerprint density at radius 3 is 1.74 bits per heavy atom. The Hall–Kier alpha value is -2.44. The topological polar surface area (TPSA) is 66.2 Å². The molecule has 0 saturated heterocycles. The van der Waals surface area contributed by atoms with Gasteiger partial charge in [-0.2, -0.15) is 0 Å². The highest BCUT2D eigenvalue weighted by atomic mass is 79.9. The first-order chi connectivity index (χ1) is 12.9. The number of nitrogens with zero attached hydrogens (tertiary/aromatic N) is 2. The average molecular weight is 486 g/mol. The lowest BCUT2D eigenvalue weighted by atomic mass is 10.0. The molecule has 1 heterocycles. The number of fused-ring (bicyclic) bond motifs is 1. The Balaban J connectivity index is 2.11. The molecule has 0 aliphatic carbocycles. The zero-order valence-electron chi connectivity index (χ0n) is 14.2. The van der Waals surface area contributed by atoms with Crippen LogP contribution >= 0.6 is 31.9 Å². The third kappa shape index (κ3) is 3.42. The largest absolute Gasteiger partial charge is 0.507 e. The predicted molar refractivity (Wildman–Crippen MR) is 114 cm³/mol. The molecule has 0 aliphatic rings. The molecule has 0 spiro atoms. The van der Waals surface area contributed by atoms with E-state index in [2.05, 4.69) is 31.9 Å². The molecule has 0 unspecified atom stereocenters. The first-order valence-corrected chi connectivity index (χ1v) is 9.77. The Morgan fingerprint density at radius 1 is 0.667 bits per heavy atom. The predicted octanol–water partition coefficient (Wildman–Crippen LogP) is 6.21. The summed E-state index contributed by atoms with van der Waals surface area (Å²) in [5.74, 6) is 0.185. The Labute approximate surface area is 172 Å². The molecule has 4 aromatic rings. The van der Waals surface area contributed by atoms with Crippen molar-refractivity contribution in [2.24, 2.45) is 0 Å². The molecule has 4 rings (SSSR count). The number of hydrogen-bond acceptors (Lipinski definition) is 4. The molecular weight excluding hydrogens is 472 g/mol. The fraction of sp³-hybridized carbons (Fsp3) is 0.0476. The fourth-order valence-corrected chi connectivity index (χ4v) is 3.66. The highest BCUT2D eigenvalue weighted by Gasteiger charge is 2.19. The van der Waals surface area contributed by atoms with E-state index in [0.717, 1.165) is 20.0 Å². The SMILES string of the molecule is Cc1ccc2nc(-c3cc(Br)ccc3O)c(-c3cc(Br)ccc3O)nc2c1. The number of aromatic nitrogens is 2. The maximum Gasteiger partial charge on any atom is 0.125 e. The third-order valence-electron chi connectivity index (χ3n) is 4.25. The minimum atomic E-state index is 0.0923. The molecule has 0 atom stereocenters. The van der Waals surface area contributed by atoms with Crippen LogP contribution in [0.1, 0.15) is 5.56 Å². The van der Waals surface area contributed by atoms with Crippen molar-refractivity contribution in [1.82, 2.24) is 9.97 Å². The minimum absolute atomic E-state index is 0.0923. The van der Waals surface area contributed by atoms with Gasteiger partial charge in [-0.25, -0.2) is 9.97 Å². The van der Waals surface area contributed by atoms with Crippen molar-refractivity contribution in [3.63, 3.8) is 0 Å². The average Bonchev–Trinajstić information content (AvgIpc) is 2.64. The number of aromatic hydroxyl groups is 2. The molecule has 0 amide bonds. The van der Waals surface area contributed by atoms with E-state index < -0.39 is 0 Å². The second kappa shape index (κ2) is 6.94. The van der Waals surface area contributed by atoms with Crippen molar-refractivity contribution in [2.45, 2.75) is 6.92 Å². The van der Waals surface area contributed by atoms with Crippen molar-refractivity contribution in [3.05, 3.63) is 69.1 Å². The zero-order chi connectivity index (χ0) is 19.1. The van der Waals surface area contributed by atoms with E-state index in [4.69, 9.17) is 9.97 Å². The van der Waals surface area contributed by atoms with Gasteiger partial charge in [-0.1, -0.05) is 37.9 Å². The monoisotopic (exact) mass is 484 g/mol. The van der Waals surface area contributed by atoms with Gasteiger partial charge >= 0.3 is 0 Å². The second-order valence-electron chi connectivity index (χ2n) is 6.24. The van der Waals surface area contributed by atoms with Crippen LogP contribution in [0.2, 0.25) is 0 Å². The lowest BCUT2D eigenvalue weighted by Crippen LogP contribution is -1.97. The summed E-state index contributed by atoms with van der Waals surface area (Å²) in [6.45, 7) is 1.99. The molecule has 0 aliphatic heterocycles. The van der Waals surface area contributed by atoms with Gasteiger partial charge in [-0.3, -0.25) is 0 Å². The van der Waals surface area contributed by atoms with Gasteiger partial charge in [0.1, 0.15) is 22.9 Å². The number of hydrogen-bond donors (Lipinski definition) is 2. The summed E-state index contributed by atoms with van der Waals surface area (Å²) in [6.07, 6.45) is 0. The van der Waals surface area contributed by atoms with Crippen molar-refractivity contribution < 1.29 is 10.2 Å². The van der Waals surface area contributed by atoms with Gasteiger partial charge in [0.15, 0.2) is 0 Å². The van der Waals surface area contributed by atoms with Crippen LogP contribution in [0.5, 0.6) is 11.5 Å². The van der Waals surface area contributed by atoms with Gasteiger partial charge in [0.05, 0.1) is 11.0 Å². The highest BCUT2D eigenvalue weighted by molar-refractivity contribution is 9.10. The van der Waals surface area contributed by atoms with Crippen LogP contribution in [0, 0.1) is 6.92 Å². The van der Waals surface area contributed by atoms with Crippen molar-refractivity contribution >= 4 is 42.9 Å². The summed E-state index contributed by atoms with van der Waals surface area (Å²) < 4.78 is 1.62. The molecule has 27 heavy (non-hydrogen) atoms. The van der Waals surface area contributed by atoms with Crippen LogP contribution in [0.15, 0.2) is 63.5 Å². The van der Waals surface area contributed by atoms with Crippen LogP contribution in [-0.4, -0.2) is 20.2 Å². The molecule has 0 bridgehead atoms. The minimum Gasteiger partial charge on any atom is -0.507 e. The number of phenolic OH excluding ortho intramolecular Hbond substituents is 2. The van der Waals surface area contributed by atoms with Gasteiger partial charge < -0.3 is 10.2 Å². The van der Waals surface area contributed by atoms with E-state index >= 15 is 0 Å². The summed E-state index contributed by atoms with van der Waals surface area (Å²) in [5, 5.41) is 20.9.